The normalized spacial score (nSPS) is 14.2. The largest absolute Gasteiger partial charge is 0.387 e. The van der Waals surface area contributed by atoms with E-state index in [2.05, 4.69) is 43.5 Å². The van der Waals surface area contributed by atoms with Gasteiger partial charge in [-0.1, -0.05) is 115 Å². The lowest BCUT2D eigenvalue weighted by Gasteiger charge is -2.21. The molecule has 210 valence electrons. The van der Waals surface area contributed by atoms with Crippen LogP contribution in [0.3, 0.4) is 0 Å². The quantitative estimate of drug-likeness (QED) is 0.0708. The summed E-state index contributed by atoms with van der Waals surface area (Å²) >= 11 is 0. The zero-order chi connectivity index (χ0) is 26.9. The molecule has 0 aromatic carbocycles. The van der Waals surface area contributed by atoms with Crippen LogP contribution in [-0.2, 0) is 14.9 Å². The Balaban J connectivity index is 4.26. The second kappa shape index (κ2) is 23.9. The lowest BCUT2D eigenvalue weighted by molar-refractivity contribution is -0.122. The van der Waals surface area contributed by atoms with Crippen molar-refractivity contribution in [2.24, 2.45) is 0 Å². The van der Waals surface area contributed by atoms with Gasteiger partial charge in [-0.3, -0.25) is 9.35 Å². The van der Waals surface area contributed by atoms with Crippen LogP contribution >= 0.6 is 0 Å². The van der Waals surface area contributed by atoms with Crippen LogP contribution in [0.4, 0.5) is 0 Å². The SMILES string of the molecule is CCCC/C=C/CC/C=C/CC/C=C/C(O)C(CS(=O)(=O)O)NC(=O)CCCCCCCCCCC. The Bertz CT molecular complexity index is 715. The van der Waals surface area contributed by atoms with E-state index >= 15 is 0 Å². The Labute approximate surface area is 221 Å². The van der Waals surface area contributed by atoms with Gasteiger partial charge in [-0.2, -0.15) is 8.42 Å². The minimum atomic E-state index is -4.34. The van der Waals surface area contributed by atoms with Crippen LogP contribution in [0.25, 0.3) is 0 Å². The van der Waals surface area contributed by atoms with E-state index in [0.717, 1.165) is 44.9 Å². The van der Waals surface area contributed by atoms with Crippen molar-refractivity contribution < 1.29 is 22.9 Å². The molecule has 0 heterocycles. The smallest absolute Gasteiger partial charge is 0.267 e. The molecular weight excluding hydrogens is 474 g/mol. The third-order valence-corrected chi connectivity index (χ3v) is 6.83. The van der Waals surface area contributed by atoms with Crippen molar-refractivity contribution in [3.8, 4) is 0 Å². The summed E-state index contributed by atoms with van der Waals surface area (Å²) in [4.78, 5) is 12.3. The molecule has 3 N–H and O–H groups in total. The van der Waals surface area contributed by atoms with Gasteiger partial charge < -0.3 is 10.4 Å². The van der Waals surface area contributed by atoms with Gasteiger partial charge in [0.25, 0.3) is 10.1 Å². The maximum absolute atomic E-state index is 12.3. The molecule has 2 atom stereocenters. The van der Waals surface area contributed by atoms with Crippen LogP contribution in [0.5, 0.6) is 0 Å². The van der Waals surface area contributed by atoms with E-state index in [1.54, 1.807) is 6.08 Å². The van der Waals surface area contributed by atoms with Crippen molar-refractivity contribution in [1.29, 1.82) is 0 Å². The molecule has 7 heteroatoms. The minimum absolute atomic E-state index is 0.285. The Hall–Kier alpha value is -1.44. The van der Waals surface area contributed by atoms with Gasteiger partial charge in [0, 0.05) is 6.42 Å². The van der Waals surface area contributed by atoms with Crippen LogP contribution in [0.2, 0.25) is 0 Å². The van der Waals surface area contributed by atoms with Crippen LogP contribution in [0.15, 0.2) is 36.5 Å². The van der Waals surface area contributed by atoms with E-state index in [0.29, 0.717) is 6.42 Å². The number of hydrogen-bond donors (Lipinski definition) is 3. The van der Waals surface area contributed by atoms with Crippen LogP contribution in [-0.4, -0.2) is 41.9 Å². The van der Waals surface area contributed by atoms with Crippen molar-refractivity contribution >= 4 is 16.0 Å². The summed E-state index contributed by atoms with van der Waals surface area (Å²) in [7, 11) is -4.34. The zero-order valence-electron chi connectivity index (χ0n) is 22.9. The van der Waals surface area contributed by atoms with E-state index in [-0.39, 0.29) is 12.3 Å². The summed E-state index contributed by atoms with van der Waals surface area (Å²) in [5.41, 5.74) is 0. The number of nitrogens with one attached hydrogen (secondary N) is 1. The number of aliphatic hydroxyl groups excluding tert-OH is 1. The molecule has 1 amide bonds. The number of carbonyl (C=O) groups is 1. The lowest BCUT2D eigenvalue weighted by Crippen LogP contribution is -2.46. The Morgan fingerprint density at radius 1 is 0.722 bits per heavy atom. The lowest BCUT2D eigenvalue weighted by atomic mass is 10.1. The van der Waals surface area contributed by atoms with E-state index in [9.17, 15) is 22.9 Å². The highest BCUT2D eigenvalue weighted by atomic mass is 32.2. The number of aliphatic hydroxyl groups is 1. The maximum Gasteiger partial charge on any atom is 0.267 e. The zero-order valence-corrected chi connectivity index (χ0v) is 23.7. The molecule has 6 nitrogen and oxygen atoms in total. The molecule has 0 aromatic rings. The first-order valence-corrected chi connectivity index (χ1v) is 15.8. The fourth-order valence-electron chi connectivity index (χ4n) is 3.88. The maximum atomic E-state index is 12.3. The second-order valence-electron chi connectivity index (χ2n) is 9.66. The molecule has 0 fully saturated rings. The van der Waals surface area contributed by atoms with Crippen molar-refractivity contribution in [1.82, 2.24) is 5.32 Å². The second-order valence-corrected chi connectivity index (χ2v) is 11.2. The summed E-state index contributed by atoms with van der Waals surface area (Å²) in [6.45, 7) is 4.39. The van der Waals surface area contributed by atoms with Gasteiger partial charge in [0.15, 0.2) is 0 Å². The number of unbranched alkanes of at least 4 members (excludes halogenated alkanes) is 12. The van der Waals surface area contributed by atoms with E-state index < -0.39 is 28.0 Å². The Morgan fingerprint density at radius 2 is 1.19 bits per heavy atom. The van der Waals surface area contributed by atoms with Gasteiger partial charge in [-0.25, -0.2) is 0 Å². The predicted molar refractivity (Wildman–Crippen MR) is 152 cm³/mol. The summed E-state index contributed by atoms with van der Waals surface area (Å²) in [6, 6.07) is -1.07. The highest BCUT2D eigenvalue weighted by molar-refractivity contribution is 7.85. The summed E-state index contributed by atoms with van der Waals surface area (Å²) in [5.74, 6) is -1.01. The topological polar surface area (TPSA) is 104 Å². The summed E-state index contributed by atoms with van der Waals surface area (Å²) in [6.07, 6.45) is 28.5. The van der Waals surface area contributed by atoms with Gasteiger partial charge in [0.05, 0.1) is 17.9 Å². The molecule has 0 saturated carbocycles. The van der Waals surface area contributed by atoms with Crippen LogP contribution in [0, 0.1) is 0 Å². The molecule has 0 saturated heterocycles. The standard InChI is InChI=1S/C29H53NO5S/c1-3-5-7-9-11-13-14-15-17-18-20-22-24-28(31)27(26-36(33,34)35)30-29(32)25-23-21-19-16-12-10-8-6-4-2/h9,11,15,17,22,24,27-28,31H,3-8,10,12-14,16,18-21,23,25-26H2,1-2H3,(H,30,32)(H,33,34,35)/b11-9+,17-15+,24-22+. The van der Waals surface area contributed by atoms with Crippen molar-refractivity contribution in [2.45, 2.75) is 135 Å². The van der Waals surface area contributed by atoms with Crippen molar-refractivity contribution in [3.05, 3.63) is 36.5 Å². The number of carbonyl (C=O) groups excluding carboxylic acids is 1. The monoisotopic (exact) mass is 527 g/mol. The predicted octanol–water partition coefficient (Wildman–Crippen LogP) is 7.06. The van der Waals surface area contributed by atoms with Crippen LogP contribution in [0.1, 0.15) is 123 Å². The van der Waals surface area contributed by atoms with Gasteiger partial charge in [0.2, 0.25) is 5.91 Å². The highest BCUT2D eigenvalue weighted by Gasteiger charge is 2.24. The molecule has 0 aliphatic heterocycles. The first kappa shape index (κ1) is 34.6. The molecule has 0 aromatic heterocycles. The molecule has 2 unspecified atom stereocenters. The third kappa shape index (κ3) is 24.3. The van der Waals surface area contributed by atoms with Gasteiger partial charge in [-0.05, 0) is 38.5 Å². The Morgan fingerprint density at radius 3 is 1.72 bits per heavy atom. The number of amides is 1. The number of rotatable bonds is 24. The van der Waals surface area contributed by atoms with Crippen molar-refractivity contribution in [3.63, 3.8) is 0 Å². The van der Waals surface area contributed by atoms with E-state index in [1.807, 2.05) is 0 Å². The summed E-state index contributed by atoms with van der Waals surface area (Å²) in [5, 5.41) is 13.0. The van der Waals surface area contributed by atoms with Gasteiger partial charge >= 0.3 is 0 Å². The Kier molecular flexibility index (Phi) is 23.0. The molecule has 36 heavy (non-hydrogen) atoms. The van der Waals surface area contributed by atoms with E-state index in [1.165, 1.54) is 57.4 Å². The highest BCUT2D eigenvalue weighted by Crippen LogP contribution is 2.11. The molecule has 0 aliphatic rings. The first-order valence-electron chi connectivity index (χ1n) is 14.2. The fourth-order valence-corrected chi connectivity index (χ4v) is 4.61. The molecule has 0 aliphatic carbocycles. The van der Waals surface area contributed by atoms with Gasteiger partial charge in [-0.15, -0.1) is 0 Å². The average Bonchev–Trinajstić information content (AvgIpc) is 2.82. The minimum Gasteiger partial charge on any atom is -0.387 e. The van der Waals surface area contributed by atoms with E-state index in [4.69, 9.17) is 0 Å². The average molecular weight is 528 g/mol. The molecule has 0 radical (unpaired) electrons. The first-order chi connectivity index (χ1) is 17.3. The molecular formula is C29H53NO5S. The number of hydrogen-bond acceptors (Lipinski definition) is 4. The van der Waals surface area contributed by atoms with Crippen molar-refractivity contribution in [2.75, 3.05) is 5.75 Å². The van der Waals surface area contributed by atoms with Gasteiger partial charge in [0.1, 0.15) is 0 Å². The fraction of sp³-hybridized carbons (Fsp3) is 0.759. The number of allylic oxidation sites excluding steroid dienone is 5. The van der Waals surface area contributed by atoms with Crippen LogP contribution < -0.4 is 5.32 Å². The summed E-state index contributed by atoms with van der Waals surface area (Å²) < 4.78 is 32.0. The molecule has 0 rings (SSSR count). The molecule has 0 spiro atoms. The third-order valence-electron chi connectivity index (χ3n) is 6.05. The molecule has 0 bridgehead atoms.